The average molecular weight is 305 g/mol. The molecule has 0 saturated heterocycles. The summed E-state index contributed by atoms with van der Waals surface area (Å²) in [5, 5.41) is 9.46. The van der Waals surface area contributed by atoms with Crippen molar-refractivity contribution in [2.75, 3.05) is 0 Å². The maximum absolute atomic E-state index is 2.36. The van der Waals surface area contributed by atoms with Crippen molar-refractivity contribution in [3.63, 3.8) is 0 Å². The molecule has 0 fully saturated rings. The number of fused-ring (bicyclic) bond motifs is 6. The van der Waals surface area contributed by atoms with Gasteiger partial charge in [-0.1, -0.05) is 60.2 Å². The van der Waals surface area contributed by atoms with Gasteiger partial charge in [0.2, 0.25) is 0 Å². The minimum Gasteiger partial charge on any atom is -0.315 e. The maximum Gasteiger partial charge on any atom is 0.0619 e. The summed E-state index contributed by atoms with van der Waals surface area (Å²) in [6, 6.07) is 24.5. The maximum atomic E-state index is 2.36. The first-order valence-electron chi connectivity index (χ1n) is 8.39. The average Bonchev–Trinajstić information content (AvgIpc) is 3.07. The highest BCUT2D eigenvalue weighted by molar-refractivity contribution is 6.32. The molecular formula is C23H15N. The molecule has 2 aromatic heterocycles. The number of nitrogens with zero attached hydrogens (tertiary/aromatic N) is 1. The van der Waals surface area contributed by atoms with Crippen molar-refractivity contribution in [3.8, 4) is 0 Å². The smallest absolute Gasteiger partial charge is 0.0619 e. The van der Waals surface area contributed by atoms with E-state index >= 15 is 0 Å². The molecule has 1 heteroatoms. The summed E-state index contributed by atoms with van der Waals surface area (Å²) in [7, 11) is 0. The summed E-state index contributed by atoms with van der Waals surface area (Å²) >= 11 is 0. The van der Waals surface area contributed by atoms with Crippen LogP contribution in [0.1, 0.15) is 5.56 Å². The minimum atomic E-state index is 1.28. The number of aromatic nitrogens is 1. The zero-order valence-corrected chi connectivity index (χ0v) is 13.4. The molecule has 0 amide bonds. The molecule has 1 nitrogen and oxygen atoms in total. The number of benzene rings is 4. The second-order valence-electron chi connectivity index (χ2n) is 6.74. The van der Waals surface area contributed by atoms with Gasteiger partial charge in [0, 0.05) is 22.4 Å². The van der Waals surface area contributed by atoms with Crippen LogP contribution in [0, 0.1) is 6.92 Å². The molecule has 0 spiro atoms. The van der Waals surface area contributed by atoms with Gasteiger partial charge in [0.25, 0.3) is 0 Å². The molecule has 6 aromatic rings. The molecule has 0 saturated carbocycles. The van der Waals surface area contributed by atoms with Crippen LogP contribution in [-0.2, 0) is 0 Å². The van der Waals surface area contributed by atoms with Crippen LogP contribution in [0.15, 0.2) is 72.9 Å². The van der Waals surface area contributed by atoms with Crippen molar-refractivity contribution in [2.45, 2.75) is 6.92 Å². The van der Waals surface area contributed by atoms with Gasteiger partial charge in [-0.05, 0) is 40.6 Å². The van der Waals surface area contributed by atoms with Crippen molar-refractivity contribution in [3.05, 3.63) is 78.5 Å². The molecule has 0 unspecified atom stereocenters. The first-order valence-corrected chi connectivity index (χ1v) is 8.39. The van der Waals surface area contributed by atoms with Crippen LogP contribution < -0.4 is 0 Å². The number of aryl methyl sites for hydroxylation is 1. The van der Waals surface area contributed by atoms with Gasteiger partial charge in [0.1, 0.15) is 0 Å². The SMILES string of the molecule is Cc1ccc2c(c1)c1cccc3c4ccccc4n4ccc2c4c13. The normalized spacial score (nSPS) is 12.4. The van der Waals surface area contributed by atoms with E-state index in [1.807, 2.05) is 0 Å². The van der Waals surface area contributed by atoms with Crippen LogP contribution in [0.3, 0.4) is 0 Å². The number of hydrogen-bond acceptors (Lipinski definition) is 0. The van der Waals surface area contributed by atoms with Crippen molar-refractivity contribution >= 4 is 48.7 Å². The summed E-state index contributed by atoms with van der Waals surface area (Å²) in [5.41, 5.74) is 3.93. The lowest BCUT2D eigenvalue weighted by Crippen LogP contribution is -1.92. The molecule has 0 aliphatic heterocycles. The zero-order chi connectivity index (χ0) is 15.8. The molecule has 4 aromatic carbocycles. The Balaban J connectivity index is 2.11. The molecule has 0 atom stereocenters. The second kappa shape index (κ2) is 4.07. The fraction of sp³-hybridized carbons (Fsp3) is 0.0435. The van der Waals surface area contributed by atoms with Gasteiger partial charge in [0.05, 0.1) is 11.0 Å². The van der Waals surface area contributed by atoms with Gasteiger partial charge in [-0.25, -0.2) is 0 Å². The fourth-order valence-electron chi connectivity index (χ4n) is 4.39. The summed E-state index contributed by atoms with van der Waals surface area (Å²) < 4.78 is 2.36. The van der Waals surface area contributed by atoms with Gasteiger partial charge >= 0.3 is 0 Å². The molecule has 6 rings (SSSR count). The molecule has 24 heavy (non-hydrogen) atoms. The Morgan fingerprint density at radius 2 is 1.42 bits per heavy atom. The quantitative estimate of drug-likeness (QED) is 0.229. The number of rotatable bonds is 0. The van der Waals surface area contributed by atoms with Crippen molar-refractivity contribution in [1.82, 2.24) is 4.40 Å². The van der Waals surface area contributed by atoms with Crippen molar-refractivity contribution in [2.24, 2.45) is 0 Å². The lowest BCUT2D eigenvalue weighted by Gasteiger charge is -2.15. The van der Waals surface area contributed by atoms with E-state index in [1.54, 1.807) is 0 Å². The third-order valence-corrected chi connectivity index (χ3v) is 5.40. The molecule has 2 heterocycles. The molecular weight excluding hydrogens is 290 g/mol. The van der Waals surface area contributed by atoms with Crippen LogP contribution in [0.25, 0.3) is 48.7 Å². The Labute approximate surface area is 139 Å². The van der Waals surface area contributed by atoms with Gasteiger partial charge < -0.3 is 4.40 Å². The highest BCUT2D eigenvalue weighted by Gasteiger charge is 2.16. The first-order chi connectivity index (χ1) is 11.8. The Kier molecular flexibility index (Phi) is 2.10. The Morgan fingerprint density at radius 3 is 2.33 bits per heavy atom. The second-order valence-corrected chi connectivity index (χ2v) is 6.74. The van der Waals surface area contributed by atoms with E-state index < -0.39 is 0 Å². The lowest BCUT2D eigenvalue weighted by atomic mass is 9.93. The predicted molar refractivity (Wildman–Crippen MR) is 103 cm³/mol. The Bertz CT molecular complexity index is 1400. The van der Waals surface area contributed by atoms with Crippen LogP contribution in [-0.4, -0.2) is 4.40 Å². The van der Waals surface area contributed by atoms with Gasteiger partial charge in [0.15, 0.2) is 0 Å². The van der Waals surface area contributed by atoms with Gasteiger partial charge in [-0.15, -0.1) is 0 Å². The summed E-state index contributed by atoms with van der Waals surface area (Å²) in [6.45, 7) is 2.17. The molecule has 0 aliphatic carbocycles. The van der Waals surface area contributed by atoms with Crippen LogP contribution in [0.4, 0.5) is 0 Å². The third-order valence-electron chi connectivity index (χ3n) is 5.40. The summed E-state index contributed by atoms with van der Waals surface area (Å²) in [4.78, 5) is 0. The van der Waals surface area contributed by atoms with Crippen LogP contribution in [0.2, 0.25) is 0 Å². The molecule has 112 valence electrons. The minimum absolute atomic E-state index is 1.28. The van der Waals surface area contributed by atoms with Crippen LogP contribution >= 0.6 is 0 Å². The van der Waals surface area contributed by atoms with E-state index in [9.17, 15) is 0 Å². The highest BCUT2D eigenvalue weighted by Crippen LogP contribution is 2.41. The van der Waals surface area contributed by atoms with E-state index in [2.05, 4.69) is 84.3 Å². The monoisotopic (exact) mass is 305 g/mol. The predicted octanol–water partition coefficient (Wildman–Crippen LogP) is 6.30. The number of pyridine rings is 1. The van der Waals surface area contributed by atoms with Crippen molar-refractivity contribution in [1.29, 1.82) is 0 Å². The van der Waals surface area contributed by atoms with E-state index in [0.29, 0.717) is 0 Å². The zero-order valence-electron chi connectivity index (χ0n) is 13.4. The fourth-order valence-corrected chi connectivity index (χ4v) is 4.39. The third kappa shape index (κ3) is 1.32. The number of hydrogen-bond donors (Lipinski definition) is 0. The molecule has 0 N–H and O–H groups in total. The summed E-state index contributed by atoms with van der Waals surface area (Å²) in [5.74, 6) is 0. The van der Waals surface area contributed by atoms with E-state index in [4.69, 9.17) is 0 Å². The first kappa shape index (κ1) is 12.4. The summed E-state index contributed by atoms with van der Waals surface area (Å²) in [6.07, 6.45) is 2.22. The lowest BCUT2D eigenvalue weighted by molar-refractivity contribution is 1.29. The standard InChI is InChI=1S/C23H15N/c1-14-9-10-15-19-11-12-24-21-8-3-2-5-16(21)17-6-4-7-18(20(15)13-14)22(17)23(19)24/h2-13H,1H3. The molecule has 0 radical (unpaired) electrons. The Morgan fingerprint density at radius 1 is 0.625 bits per heavy atom. The van der Waals surface area contributed by atoms with E-state index in [1.165, 1.54) is 54.3 Å². The highest BCUT2D eigenvalue weighted by atomic mass is 14.9. The Hall–Kier alpha value is -3.06. The van der Waals surface area contributed by atoms with E-state index in [0.717, 1.165) is 0 Å². The van der Waals surface area contributed by atoms with Crippen LogP contribution in [0.5, 0.6) is 0 Å². The molecule has 0 bridgehead atoms. The topological polar surface area (TPSA) is 4.41 Å². The van der Waals surface area contributed by atoms with Gasteiger partial charge in [-0.3, -0.25) is 0 Å². The molecule has 0 aliphatic rings. The number of para-hydroxylation sites is 1. The van der Waals surface area contributed by atoms with E-state index in [-0.39, 0.29) is 0 Å². The largest absolute Gasteiger partial charge is 0.315 e. The van der Waals surface area contributed by atoms with Gasteiger partial charge in [-0.2, -0.15) is 0 Å². The van der Waals surface area contributed by atoms with Crippen molar-refractivity contribution < 1.29 is 0 Å².